The quantitative estimate of drug-likeness (QED) is 0.792. The summed E-state index contributed by atoms with van der Waals surface area (Å²) in [6, 6.07) is 6.82. The summed E-state index contributed by atoms with van der Waals surface area (Å²) in [5, 5.41) is 18.5. The zero-order valence-corrected chi connectivity index (χ0v) is 10.4. The van der Waals surface area contributed by atoms with Gasteiger partial charge in [-0.1, -0.05) is 17.3 Å². The van der Waals surface area contributed by atoms with E-state index < -0.39 is 5.97 Å². The number of benzene rings is 1. The van der Waals surface area contributed by atoms with Crippen LogP contribution in [0.2, 0.25) is 0 Å². The lowest BCUT2D eigenvalue weighted by atomic mass is 10.2. The number of carboxylic acids is 1. The number of aliphatic carboxylic acids is 1. The monoisotopic (exact) mass is 272 g/mol. The first-order chi connectivity index (χ1) is 9.63. The summed E-state index contributed by atoms with van der Waals surface area (Å²) in [5.74, 6) is -1.22. The number of nitrogens with one attached hydrogen (secondary N) is 1. The van der Waals surface area contributed by atoms with E-state index in [1.54, 1.807) is 30.5 Å². The molecular weight excluding hydrogens is 260 g/mol. The Labute approximate surface area is 114 Å². The minimum atomic E-state index is -1.00. The molecule has 102 valence electrons. The molecule has 1 aromatic heterocycles. The number of amides is 1. The summed E-state index contributed by atoms with van der Waals surface area (Å²) >= 11 is 0. The fourth-order valence-corrected chi connectivity index (χ4v) is 1.51. The van der Waals surface area contributed by atoms with Crippen molar-refractivity contribution < 1.29 is 14.7 Å². The third-order valence-electron chi connectivity index (χ3n) is 2.39. The number of carbonyl (C=O) groups excluding carboxylic acids is 1. The lowest BCUT2D eigenvalue weighted by Gasteiger charge is -2.05. The highest BCUT2D eigenvalue weighted by Crippen LogP contribution is 2.10. The van der Waals surface area contributed by atoms with E-state index in [2.05, 4.69) is 15.6 Å². The molecule has 0 spiro atoms. The van der Waals surface area contributed by atoms with Crippen LogP contribution in [0.1, 0.15) is 5.56 Å². The van der Waals surface area contributed by atoms with Gasteiger partial charge >= 0.3 is 5.97 Å². The second-order valence-corrected chi connectivity index (χ2v) is 3.94. The van der Waals surface area contributed by atoms with Crippen molar-refractivity contribution in [2.45, 2.75) is 6.54 Å². The van der Waals surface area contributed by atoms with E-state index in [0.29, 0.717) is 5.69 Å². The lowest BCUT2D eigenvalue weighted by Crippen LogP contribution is -2.19. The molecule has 2 aromatic rings. The molecule has 0 fully saturated rings. The molecule has 7 nitrogen and oxygen atoms in total. The van der Waals surface area contributed by atoms with Crippen molar-refractivity contribution in [2.24, 2.45) is 0 Å². The Hall–Kier alpha value is -2.96. The Morgan fingerprint density at radius 3 is 2.65 bits per heavy atom. The van der Waals surface area contributed by atoms with Crippen LogP contribution in [0.3, 0.4) is 0 Å². The van der Waals surface area contributed by atoms with Gasteiger partial charge in [0, 0.05) is 18.0 Å². The Morgan fingerprint density at radius 2 is 2.05 bits per heavy atom. The van der Waals surface area contributed by atoms with Gasteiger partial charge < -0.3 is 10.4 Å². The first kappa shape index (κ1) is 13.5. The van der Waals surface area contributed by atoms with E-state index in [1.165, 1.54) is 17.0 Å². The summed E-state index contributed by atoms with van der Waals surface area (Å²) < 4.78 is 1.42. The molecule has 2 rings (SSSR count). The standard InChI is InChI=1S/C13H12N4O3/c18-12(9-17-8-7-14-16-17)15-11-4-1-10(2-5-11)3-6-13(19)20/h1-8H,9H2,(H,15,18)(H,19,20)/b6-3+. The van der Waals surface area contributed by atoms with Gasteiger partial charge in [-0.15, -0.1) is 5.10 Å². The highest BCUT2D eigenvalue weighted by Gasteiger charge is 2.03. The number of anilines is 1. The maximum absolute atomic E-state index is 11.7. The van der Waals surface area contributed by atoms with Crippen molar-refractivity contribution in [3.8, 4) is 0 Å². The van der Waals surface area contributed by atoms with Crippen LogP contribution in [0.15, 0.2) is 42.7 Å². The summed E-state index contributed by atoms with van der Waals surface area (Å²) in [5.41, 5.74) is 1.37. The van der Waals surface area contributed by atoms with Gasteiger partial charge in [-0.3, -0.25) is 4.79 Å². The molecule has 1 amide bonds. The van der Waals surface area contributed by atoms with Crippen LogP contribution in [0.25, 0.3) is 6.08 Å². The van der Waals surface area contributed by atoms with Crippen LogP contribution >= 0.6 is 0 Å². The highest BCUT2D eigenvalue weighted by molar-refractivity contribution is 5.90. The predicted octanol–water partition coefficient (Wildman–Crippen LogP) is 1.01. The van der Waals surface area contributed by atoms with Crippen molar-refractivity contribution in [2.75, 3.05) is 5.32 Å². The van der Waals surface area contributed by atoms with E-state index in [-0.39, 0.29) is 12.5 Å². The summed E-state index contributed by atoms with van der Waals surface area (Å²) in [4.78, 5) is 22.1. The number of carboxylic acid groups (broad SMARTS) is 1. The molecule has 0 atom stereocenters. The van der Waals surface area contributed by atoms with Crippen LogP contribution in [0.4, 0.5) is 5.69 Å². The Morgan fingerprint density at radius 1 is 1.30 bits per heavy atom. The van der Waals surface area contributed by atoms with E-state index in [9.17, 15) is 9.59 Å². The number of aromatic nitrogens is 3. The molecule has 1 heterocycles. The Kier molecular flexibility index (Phi) is 4.23. The van der Waals surface area contributed by atoms with Crippen molar-refractivity contribution in [3.05, 3.63) is 48.3 Å². The minimum absolute atomic E-state index is 0.0840. The second-order valence-electron chi connectivity index (χ2n) is 3.94. The van der Waals surface area contributed by atoms with Crippen LogP contribution in [-0.2, 0) is 16.1 Å². The Bertz CT molecular complexity index is 618. The van der Waals surface area contributed by atoms with Crippen molar-refractivity contribution in [1.29, 1.82) is 0 Å². The average Bonchev–Trinajstić information content (AvgIpc) is 2.90. The fraction of sp³-hybridized carbons (Fsp3) is 0.0769. The van der Waals surface area contributed by atoms with E-state index >= 15 is 0 Å². The van der Waals surface area contributed by atoms with Crippen molar-refractivity contribution in [3.63, 3.8) is 0 Å². The molecule has 0 saturated heterocycles. The molecule has 0 saturated carbocycles. The third kappa shape index (κ3) is 4.05. The summed E-state index contributed by atoms with van der Waals surface area (Å²) in [6.07, 6.45) is 5.62. The molecule has 0 aliphatic rings. The van der Waals surface area contributed by atoms with Gasteiger partial charge in [0.15, 0.2) is 0 Å². The minimum Gasteiger partial charge on any atom is -0.478 e. The molecule has 0 radical (unpaired) electrons. The van der Waals surface area contributed by atoms with Crippen LogP contribution in [0, 0.1) is 0 Å². The van der Waals surface area contributed by atoms with Gasteiger partial charge in [0.2, 0.25) is 5.91 Å². The number of rotatable bonds is 5. The van der Waals surface area contributed by atoms with E-state index in [0.717, 1.165) is 11.6 Å². The average molecular weight is 272 g/mol. The largest absolute Gasteiger partial charge is 0.478 e. The molecule has 0 unspecified atom stereocenters. The molecule has 20 heavy (non-hydrogen) atoms. The summed E-state index contributed by atoms with van der Waals surface area (Å²) in [6.45, 7) is 0.0840. The first-order valence-electron chi connectivity index (χ1n) is 5.78. The topological polar surface area (TPSA) is 97.1 Å². The molecule has 2 N–H and O–H groups in total. The number of hydrogen-bond acceptors (Lipinski definition) is 4. The summed E-state index contributed by atoms with van der Waals surface area (Å²) in [7, 11) is 0. The van der Waals surface area contributed by atoms with Gasteiger partial charge in [0.25, 0.3) is 0 Å². The van der Waals surface area contributed by atoms with Gasteiger partial charge in [-0.05, 0) is 23.8 Å². The van der Waals surface area contributed by atoms with Crippen molar-refractivity contribution in [1.82, 2.24) is 15.0 Å². The third-order valence-corrected chi connectivity index (χ3v) is 2.39. The second kappa shape index (κ2) is 6.28. The maximum Gasteiger partial charge on any atom is 0.328 e. The van der Waals surface area contributed by atoms with Gasteiger partial charge in [0.05, 0.1) is 6.20 Å². The zero-order chi connectivity index (χ0) is 14.4. The molecule has 0 bridgehead atoms. The molecule has 7 heteroatoms. The predicted molar refractivity (Wildman–Crippen MR) is 71.8 cm³/mol. The fourth-order valence-electron chi connectivity index (χ4n) is 1.51. The molecular formula is C13H12N4O3. The normalized spacial score (nSPS) is 10.6. The van der Waals surface area contributed by atoms with Gasteiger partial charge in [-0.2, -0.15) is 0 Å². The van der Waals surface area contributed by atoms with Crippen LogP contribution in [0.5, 0.6) is 0 Å². The maximum atomic E-state index is 11.7. The van der Waals surface area contributed by atoms with Crippen LogP contribution < -0.4 is 5.32 Å². The molecule has 0 aliphatic heterocycles. The molecule has 1 aromatic carbocycles. The van der Waals surface area contributed by atoms with E-state index in [4.69, 9.17) is 5.11 Å². The van der Waals surface area contributed by atoms with Gasteiger partial charge in [-0.25, -0.2) is 9.48 Å². The molecule has 0 aliphatic carbocycles. The lowest BCUT2D eigenvalue weighted by molar-refractivity contribution is -0.131. The Balaban J connectivity index is 1.93. The number of nitrogens with zero attached hydrogens (tertiary/aromatic N) is 3. The van der Waals surface area contributed by atoms with Gasteiger partial charge in [0.1, 0.15) is 6.54 Å². The highest BCUT2D eigenvalue weighted by atomic mass is 16.4. The number of hydrogen-bond donors (Lipinski definition) is 2. The number of carbonyl (C=O) groups is 2. The van der Waals surface area contributed by atoms with Crippen LogP contribution in [-0.4, -0.2) is 32.0 Å². The van der Waals surface area contributed by atoms with Crippen molar-refractivity contribution >= 4 is 23.6 Å². The smallest absolute Gasteiger partial charge is 0.328 e. The zero-order valence-electron chi connectivity index (χ0n) is 10.4. The first-order valence-corrected chi connectivity index (χ1v) is 5.78. The SMILES string of the molecule is O=C(O)/C=C/c1ccc(NC(=O)Cn2ccnn2)cc1. The van der Waals surface area contributed by atoms with E-state index in [1.807, 2.05) is 0 Å².